The molecule has 0 radical (unpaired) electrons. The molecular formula is C21H35IN4S. The van der Waals surface area contributed by atoms with E-state index in [0.29, 0.717) is 0 Å². The summed E-state index contributed by atoms with van der Waals surface area (Å²) in [6.45, 7) is 8.79. The molecule has 1 aromatic rings. The molecule has 27 heavy (non-hydrogen) atoms. The Kier molecular flexibility index (Phi) is 10.3. The van der Waals surface area contributed by atoms with Crippen LogP contribution in [0.4, 0.5) is 0 Å². The highest BCUT2D eigenvalue weighted by atomic mass is 127. The molecule has 0 aromatic heterocycles. The molecule has 152 valence electrons. The minimum absolute atomic E-state index is 0. The van der Waals surface area contributed by atoms with Gasteiger partial charge in [0.1, 0.15) is 0 Å². The lowest BCUT2D eigenvalue weighted by Gasteiger charge is -2.29. The van der Waals surface area contributed by atoms with E-state index < -0.39 is 0 Å². The summed E-state index contributed by atoms with van der Waals surface area (Å²) in [5.41, 5.74) is 0. The van der Waals surface area contributed by atoms with E-state index in [0.717, 1.165) is 44.0 Å². The number of thioether (sulfide) groups is 1. The van der Waals surface area contributed by atoms with Gasteiger partial charge in [-0.3, -0.25) is 4.99 Å². The molecule has 2 heterocycles. The van der Waals surface area contributed by atoms with Crippen molar-refractivity contribution in [2.75, 3.05) is 52.1 Å². The van der Waals surface area contributed by atoms with Gasteiger partial charge in [-0.1, -0.05) is 18.2 Å². The number of likely N-dealkylation sites (tertiary alicyclic amines) is 2. The van der Waals surface area contributed by atoms with Gasteiger partial charge in [0.15, 0.2) is 5.96 Å². The molecule has 6 heteroatoms. The number of hydrogen-bond donors (Lipinski definition) is 1. The van der Waals surface area contributed by atoms with Crippen molar-refractivity contribution in [1.29, 1.82) is 0 Å². The summed E-state index contributed by atoms with van der Waals surface area (Å²) in [5.74, 6) is 3.81. The molecule has 2 fully saturated rings. The van der Waals surface area contributed by atoms with Gasteiger partial charge in [-0.25, -0.2) is 0 Å². The van der Waals surface area contributed by atoms with E-state index in [4.69, 9.17) is 4.99 Å². The number of benzene rings is 1. The standard InChI is InChI=1S/C21H34N4S.HI/c1-3-22-21(23-14-18-8-7-12-24(2)15-18)25-13-11-19(16-25)17-26-20-9-5-4-6-10-20;/h4-6,9-10,18-19H,3,7-8,11-17H2,1-2H3,(H,22,23);1H. The average molecular weight is 503 g/mol. The summed E-state index contributed by atoms with van der Waals surface area (Å²) in [6, 6.07) is 10.8. The Bertz CT molecular complexity index is 569. The lowest BCUT2D eigenvalue weighted by atomic mass is 9.99. The van der Waals surface area contributed by atoms with Crippen LogP contribution in [0.25, 0.3) is 0 Å². The Hall–Kier alpha value is -0.470. The van der Waals surface area contributed by atoms with Crippen molar-refractivity contribution in [1.82, 2.24) is 15.1 Å². The van der Waals surface area contributed by atoms with Crippen LogP contribution in [0.5, 0.6) is 0 Å². The summed E-state index contributed by atoms with van der Waals surface area (Å²) in [4.78, 5) is 11.3. The molecule has 0 aliphatic carbocycles. The van der Waals surface area contributed by atoms with E-state index in [1.807, 2.05) is 11.8 Å². The zero-order valence-corrected chi connectivity index (χ0v) is 19.9. The lowest BCUT2D eigenvalue weighted by Crippen LogP contribution is -2.41. The molecule has 1 aromatic carbocycles. The highest BCUT2D eigenvalue weighted by Crippen LogP contribution is 2.26. The number of nitrogens with zero attached hydrogens (tertiary/aromatic N) is 3. The Morgan fingerprint density at radius 2 is 1.96 bits per heavy atom. The SMILES string of the molecule is CCNC(=NCC1CCCN(C)C1)N1CCC(CSc2ccccc2)C1.I. The van der Waals surface area contributed by atoms with Crippen molar-refractivity contribution in [2.24, 2.45) is 16.8 Å². The summed E-state index contributed by atoms with van der Waals surface area (Å²) >= 11 is 1.99. The highest BCUT2D eigenvalue weighted by Gasteiger charge is 2.25. The Labute approximate surface area is 186 Å². The van der Waals surface area contributed by atoms with Crippen molar-refractivity contribution in [3.8, 4) is 0 Å². The van der Waals surface area contributed by atoms with Crippen molar-refractivity contribution in [3.05, 3.63) is 30.3 Å². The molecule has 2 saturated heterocycles. The Balaban J connectivity index is 0.00000261. The number of hydrogen-bond acceptors (Lipinski definition) is 3. The van der Waals surface area contributed by atoms with Crippen molar-refractivity contribution >= 4 is 41.7 Å². The summed E-state index contributed by atoms with van der Waals surface area (Å²) < 4.78 is 0. The fourth-order valence-corrected chi connectivity index (χ4v) is 5.01. The fraction of sp³-hybridized carbons (Fsp3) is 0.667. The Morgan fingerprint density at radius 3 is 2.70 bits per heavy atom. The van der Waals surface area contributed by atoms with Crippen LogP contribution in [-0.4, -0.2) is 67.8 Å². The van der Waals surface area contributed by atoms with Gasteiger partial charge in [0.25, 0.3) is 0 Å². The van der Waals surface area contributed by atoms with Crippen LogP contribution >= 0.6 is 35.7 Å². The molecule has 0 spiro atoms. The monoisotopic (exact) mass is 502 g/mol. The molecule has 0 saturated carbocycles. The average Bonchev–Trinajstić information content (AvgIpc) is 3.13. The third kappa shape index (κ3) is 7.46. The van der Waals surface area contributed by atoms with E-state index in [9.17, 15) is 0 Å². The van der Waals surface area contributed by atoms with E-state index in [-0.39, 0.29) is 24.0 Å². The summed E-state index contributed by atoms with van der Waals surface area (Å²) in [7, 11) is 2.23. The maximum Gasteiger partial charge on any atom is 0.193 e. The first-order chi connectivity index (χ1) is 12.7. The quantitative estimate of drug-likeness (QED) is 0.276. The third-order valence-electron chi connectivity index (χ3n) is 5.37. The number of aliphatic imine (C=N–C) groups is 1. The zero-order chi connectivity index (χ0) is 18.2. The first-order valence-corrected chi connectivity index (χ1v) is 11.1. The highest BCUT2D eigenvalue weighted by molar-refractivity contribution is 14.0. The van der Waals surface area contributed by atoms with E-state index in [2.05, 4.69) is 59.4 Å². The van der Waals surface area contributed by atoms with Crippen LogP contribution in [-0.2, 0) is 0 Å². The van der Waals surface area contributed by atoms with Crippen LogP contribution in [0.1, 0.15) is 26.2 Å². The largest absolute Gasteiger partial charge is 0.357 e. The lowest BCUT2D eigenvalue weighted by molar-refractivity contribution is 0.214. The van der Waals surface area contributed by atoms with Gasteiger partial charge in [0.05, 0.1) is 0 Å². The van der Waals surface area contributed by atoms with E-state index in [1.54, 1.807) is 0 Å². The fourth-order valence-electron chi connectivity index (χ4n) is 3.96. The molecule has 0 amide bonds. The molecule has 2 aliphatic heterocycles. The molecule has 3 rings (SSSR count). The molecule has 2 aliphatic rings. The molecule has 4 nitrogen and oxygen atoms in total. The molecule has 0 bridgehead atoms. The zero-order valence-electron chi connectivity index (χ0n) is 16.8. The van der Waals surface area contributed by atoms with E-state index >= 15 is 0 Å². The van der Waals surface area contributed by atoms with Gasteiger partial charge in [-0.05, 0) is 63.7 Å². The summed E-state index contributed by atoms with van der Waals surface area (Å²) in [6.07, 6.45) is 3.91. The molecular weight excluding hydrogens is 467 g/mol. The van der Waals surface area contributed by atoms with Gasteiger partial charge in [0.2, 0.25) is 0 Å². The smallest absolute Gasteiger partial charge is 0.193 e. The van der Waals surface area contributed by atoms with Crippen LogP contribution in [0.15, 0.2) is 40.2 Å². The second kappa shape index (κ2) is 12.2. The van der Waals surface area contributed by atoms with Gasteiger partial charge in [0, 0.05) is 43.4 Å². The summed E-state index contributed by atoms with van der Waals surface area (Å²) in [5, 5.41) is 3.53. The number of halogens is 1. The maximum atomic E-state index is 5.00. The normalized spacial score (nSPS) is 23.9. The van der Waals surface area contributed by atoms with Crippen LogP contribution in [0.3, 0.4) is 0 Å². The molecule has 1 N–H and O–H groups in total. The molecule has 2 unspecified atom stereocenters. The number of nitrogens with one attached hydrogen (secondary N) is 1. The van der Waals surface area contributed by atoms with Crippen molar-refractivity contribution in [3.63, 3.8) is 0 Å². The predicted molar refractivity (Wildman–Crippen MR) is 128 cm³/mol. The first kappa shape index (κ1) is 22.8. The minimum atomic E-state index is 0. The minimum Gasteiger partial charge on any atom is -0.357 e. The maximum absolute atomic E-state index is 5.00. The number of rotatable bonds is 6. The van der Waals surface area contributed by atoms with Gasteiger partial charge in [-0.2, -0.15) is 0 Å². The third-order valence-corrected chi connectivity index (χ3v) is 6.61. The first-order valence-electron chi connectivity index (χ1n) is 10.1. The number of piperidine rings is 1. The van der Waals surface area contributed by atoms with E-state index in [1.165, 1.54) is 43.0 Å². The van der Waals surface area contributed by atoms with Crippen LogP contribution < -0.4 is 5.32 Å². The Morgan fingerprint density at radius 1 is 1.15 bits per heavy atom. The van der Waals surface area contributed by atoms with Crippen molar-refractivity contribution in [2.45, 2.75) is 31.1 Å². The van der Waals surface area contributed by atoms with Gasteiger partial charge in [-0.15, -0.1) is 35.7 Å². The predicted octanol–water partition coefficient (Wildman–Crippen LogP) is 4.03. The molecule has 2 atom stereocenters. The van der Waals surface area contributed by atoms with Crippen molar-refractivity contribution < 1.29 is 0 Å². The number of guanidine groups is 1. The van der Waals surface area contributed by atoms with Crippen LogP contribution in [0.2, 0.25) is 0 Å². The van der Waals surface area contributed by atoms with Gasteiger partial charge < -0.3 is 15.1 Å². The topological polar surface area (TPSA) is 30.9 Å². The second-order valence-electron chi connectivity index (χ2n) is 7.69. The van der Waals surface area contributed by atoms with Gasteiger partial charge >= 0.3 is 0 Å². The van der Waals surface area contributed by atoms with Crippen LogP contribution in [0, 0.1) is 11.8 Å². The second-order valence-corrected chi connectivity index (χ2v) is 8.78.